The lowest BCUT2D eigenvalue weighted by Crippen LogP contribution is -2.11. The number of nitrogens with one attached hydrogen (secondary N) is 2. The van der Waals surface area contributed by atoms with Gasteiger partial charge in [0.05, 0.1) is 18.1 Å². The molecule has 0 radical (unpaired) electrons. The average Bonchev–Trinajstić information content (AvgIpc) is 2.60. The molecule has 0 saturated carbocycles. The predicted molar refractivity (Wildman–Crippen MR) is 101 cm³/mol. The predicted octanol–water partition coefficient (Wildman–Crippen LogP) is 4.07. The van der Waals surface area contributed by atoms with Crippen LogP contribution in [0.3, 0.4) is 0 Å². The Morgan fingerprint density at radius 2 is 1.88 bits per heavy atom. The summed E-state index contributed by atoms with van der Waals surface area (Å²) in [5, 5.41) is 6.47. The van der Waals surface area contributed by atoms with Gasteiger partial charge in [0.25, 0.3) is 0 Å². The normalized spacial score (nSPS) is 10.3. The number of hydrogen-bond donors (Lipinski definition) is 2. The summed E-state index contributed by atoms with van der Waals surface area (Å²) < 4.78 is 0. The van der Waals surface area contributed by atoms with Crippen molar-refractivity contribution in [2.45, 2.75) is 20.3 Å². The summed E-state index contributed by atoms with van der Waals surface area (Å²) in [7, 11) is 0. The molecule has 2 heterocycles. The number of nitrogens with zero attached hydrogens (tertiary/aromatic N) is 3. The van der Waals surface area contributed by atoms with Gasteiger partial charge in [-0.1, -0.05) is 24.8 Å². The number of rotatable bonds is 6. The maximum Gasteiger partial charge on any atom is 0.149 e. The number of aromatic nitrogens is 3. The van der Waals surface area contributed by atoms with Crippen molar-refractivity contribution in [1.82, 2.24) is 15.0 Å². The molecule has 5 heteroatoms. The number of hydrogen-bond acceptors (Lipinski definition) is 5. The first-order valence-corrected chi connectivity index (χ1v) is 8.11. The van der Waals surface area contributed by atoms with Crippen LogP contribution < -0.4 is 10.6 Å². The van der Waals surface area contributed by atoms with Crippen molar-refractivity contribution < 1.29 is 0 Å². The first-order valence-electron chi connectivity index (χ1n) is 8.11. The van der Waals surface area contributed by atoms with Crippen LogP contribution in [-0.4, -0.2) is 15.0 Å². The Hall–Kier alpha value is -3.21. The average molecular weight is 331 g/mol. The van der Waals surface area contributed by atoms with Crippen LogP contribution in [-0.2, 0) is 6.42 Å². The summed E-state index contributed by atoms with van der Waals surface area (Å²) in [6.07, 6.45) is 5.97. The number of benzene rings is 1. The molecular formula is C20H21N5. The standard InChI is InChI=1S/C20H21N5/c1-14-7-8-17(11-18-6-4-5-9-21-18)19(10-14)24-16(3)25-20-13-22-15(2)12-23-20/h4-10,12-13,24H,3,11H2,1-2H3,(H,23,25). The van der Waals surface area contributed by atoms with Crippen molar-refractivity contribution in [2.75, 3.05) is 10.6 Å². The fourth-order valence-electron chi connectivity index (χ4n) is 2.46. The van der Waals surface area contributed by atoms with Gasteiger partial charge in [-0.25, -0.2) is 4.98 Å². The highest BCUT2D eigenvalue weighted by Gasteiger charge is 2.07. The van der Waals surface area contributed by atoms with Crippen LogP contribution in [0.1, 0.15) is 22.5 Å². The molecule has 2 aromatic heterocycles. The Kier molecular flexibility index (Phi) is 5.04. The third-order valence-electron chi connectivity index (χ3n) is 3.71. The maximum absolute atomic E-state index is 4.41. The Labute approximate surface area is 147 Å². The van der Waals surface area contributed by atoms with Crippen LogP contribution in [0.2, 0.25) is 0 Å². The fraction of sp³-hybridized carbons (Fsp3) is 0.150. The molecule has 0 aliphatic carbocycles. The highest BCUT2D eigenvalue weighted by Crippen LogP contribution is 2.22. The van der Waals surface area contributed by atoms with Gasteiger partial charge in [-0.15, -0.1) is 0 Å². The van der Waals surface area contributed by atoms with Gasteiger partial charge in [0.2, 0.25) is 0 Å². The van der Waals surface area contributed by atoms with Crippen LogP contribution in [0.25, 0.3) is 0 Å². The minimum atomic E-state index is 0.644. The van der Waals surface area contributed by atoms with Gasteiger partial charge in [-0.2, -0.15) is 0 Å². The topological polar surface area (TPSA) is 62.7 Å². The van der Waals surface area contributed by atoms with E-state index in [1.54, 1.807) is 12.4 Å². The Balaban J connectivity index is 1.75. The quantitative estimate of drug-likeness (QED) is 0.713. The minimum absolute atomic E-state index is 0.644. The zero-order valence-corrected chi connectivity index (χ0v) is 14.5. The summed E-state index contributed by atoms with van der Waals surface area (Å²) in [5.41, 5.74) is 5.23. The number of aryl methyl sites for hydroxylation is 2. The minimum Gasteiger partial charge on any atom is -0.342 e. The summed E-state index contributed by atoms with van der Waals surface area (Å²) in [6.45, 7) is 8.01. The van der Waals surface area contributed by atoms with Crippen LogP contribution >= 0.6 is 0 Å². The lowest BCUT2D eigenvalue weighted by Gasteiger charge is -2.16. The van der Waals surface area contributed by atoms with Crippen molar-refractivity contribution in [2.24, 2.45) is 0 Å². The van der Waals surface area contributed by atoms with Crippen LogP contribution in [0, 0.1) is 13.8 Å². The largest absolute Gasteiger partial charge is 0.342 e. The van der Waals surface area contributed by atoms with Crippen LogP contribution in [0.4, 0.5) is 11.5 Å². The van der Waals surface area contributed by atoms with E-state index in [1.165, 1.54) is 5.56 Å². The third kappa shape index (κ3) is 4.64. The van der Waals surface area contributed by atoms with E-state index in [-0.39, 0.29) is 0 Å². The molecule has 126 valence electrons. The van der Waals surface area contributed by atoms with Crippen molar-refractivity contribution in [3.63, 3.8) is 0 Å². The van der Waals surface area contributed by atoms with Crippen molar-refractivity contribution in [3.8, 4) is 0 Å². The van der Waals surface area contributed by atoms with Crippen LogP contribution in [0.15, 0.2) is 67.4 Å². The first-order chi connectivity index (χ1) is 12.1. The van der Waals surface area contributed by atoms with Gasteiger partial charge in [-0.05, 0) is 43.2 Å². The maximum atomic E-state index is 4.41. The molecule has 3 rings (SSSR count). The van der Waals surface area contributed by atoms with E-state index in [4.69, 9.17) is 0 Å². The molecule has 0 saturated heterocycles. The smallest absolute Gasteiger partial charge is 0.149 e. The first kappa shape index (κ1) is 16.6. The van der Waals surface area contributed by atoms with E-state index < -0.39 is 0 Å². The van der Waals surface area contributed by atoms with Crippen LogP contribution in [0.5, 0.6) is 0 Å². The molecule has 0 spiro atoms. The Morgan fingerprint density at radius 3 is 2.60 bits per heavy atom. The highest BCUT2D eigenvalue weighted by atomic mass is 15.1. The lowest BCUT2D eigenvalue weighted by molar-refractivity contribution is 1.07. The van der Waals surface area contributed by atoms with Gasteiger partial charge in [-0.3, -0.25) is 9.97 Å². The molecule has 0 bridgehead atoms. The van der Waals surface area contributed by atoms with Crippen molar-refractivity contribution >= 4 is 11.5 Å². The molecule has 0 unspecified atom stereocenters. The molecule has 0 atom stereocenters. The second-order valence-electron chi connectivity index (χ2n) is 5.93. The van der Waals surface area contributed by atoms with Crippen molar-refractivity contribution in [3.05, 3.63) is 89.9 Å². The van der Waals surface area contributed by atoms with E-state index in [0.717, 1.165) is 29.1 Å². The van der Waals surface area contributed by atoms with Gasteiger partial charge < -0.3 is 10.6 Å². The van der Waals surface area contributed by atoms with E-state index in [2.05, 4.69) is 57.3 Å². The summed E-state index contributed by atoms with van der Waals surface area (Å²) in [4.78, 5) is 12.9. The summed E-state index contributed by atoms with van der Waals surface area (Å²) in [5.74, 6) is 1.30. The molecule has 0 aliphatic rings. The van der Waals surface area contributed by atoms with E-state index in [9.17, 15) is 0 Å². The fourth-order valence-corrected chi connectivity index (χ4v) is 2.46. The van der Waals surface area contributed by atoms with Crippen molar-refractivity contribution in [1.29, 1.82) is 0 Å². The second kappa shape index (κ2) is 7.57. The lowest BCUT2D eigenvalue weighted by atomic mass is 10.0. The Bertz CT molecular complexity index is 857. The van der Waals surface area contributed by atoms with E-state index in [1.807, 2.05) is 31.3 Å². The summed E-state index contributed by atoms with van der Waals surface area (Å²) >= 11 is 0. The number of pyridine rings is 1. The van der Waals surface area contributed by atoms with Gasteiger partial charge in [0.1, 0.15) is 11.6 Å². The monoisotopic (exact) mass is 331 g/mol. The summed E-state index contributed by atoms with van der Waals surface area (Å²) in [6, 6.07) is 12.3. The van der Waals surface area contributed by atoms with E-state index in [0.29, 0.717) is 11.6 Å². The molecule has 1 aromatic carbocycles. The van der Waals surface area contributed by atoms with Gasteiger partial charge in [0, 0.05) is 24.0 Å². The highest BCUT2D eigenvalue weighted by molar-refractivity contribution is 5.59. The van der Waals surface area contributed by atoms with E-state index >= 15 is 0 Å². The van der Waals surface area contributed by atoms with Gasteiger partial charge >= 0.3 is 0 Å². The molecular weight excluding hydrogens is 310 g/mol. The Morgan fingerprint density at radius 1 is 1.00 bits per heavy atom. The molecule has 0 fully saturated rings. The molecule has 3 aromatic rings. The zero-order valence-electron chi connectivity index (χ0n) is 14.5. The SMILES string of the molecule is C=C(Nc1cnc(C)cn1)Nc1cc(C)ccc1Cc1ccccn1. The third-order valence-corrected chi connectivity index (χ3v) is 3.71. The van der Waals surface area contributed by atoms with Gasteiger partial charge in [0.15, 0.2) is 0 Å². The molecule has 5 nitrogen and oxygen atoms in total. The number of anilines is 2. The molecule has 0 amide bonds. The zero-order chi connectivity index (χ0) is 17.6. The molecule has 0 aliphatic heterocycles. The second-order valence-corrected chi connectivity index (χ2v) is 5.93. The molecule has 2 N–H and O–H groups in total. The molecule has 25 heavy (non-hydrogen) atoms.